The number of nitrogens with two attached hydrogens (primary N) is 1. The van der Waals surface area contributed by atoms with E-state index >= 15 is 0 Å². The van der Waals surface area contributed by atoms with Crippen LogP contribution >= 0.6 is 0 Å². The summed E-state index contributed by atoms with van der Waals surface area (Å²) in [5, 5.41) is 6.78. The van der Waals surface area contributed by atoms with Crippen LogP contribution in [0.25, 0.3) is 0 Å². The largest absolute Gasteiger partial charge is 0.314 e. The Bertz CT molecular complexity index is 209. The molecule has 0 saturated carbocycles. The molecule has 0 radical (unpaired) electrons. The zero-order valence-corrected chi connectivity index (χ0v) is 8.54. The zero-order valence-electron chi connectivity index (χ0n) is 8.54. The van der Waals surface area contributed by atoms with Gasteiger partial charge < -0.3 is 5.73 Å². The van der Waals surface area contributed by atoms with Gasteiger partial charge in [-0.1, -0.05) is 0 Å². The minimum atomic E-state index is 0.0133. The Balaban J connectivity index is 2.26. The van der Waals surface area contributed by atoms with E-state index in [0.717, 1.165) is 13.3 Å². The molecule has 5 nitrogen and oxygen atoms in total. The maximum Gasteiger partial charge on any atom is 0.0889 e. The van der Waals surface area contributed by atoms with Crippen LogP contribution < -0.4 is 16.4 Å². The molecule has 0 aliphatic carbocycles. The van der Waals surface area contributed by atoms with Gasteiger partial charge in [0.2, 0.25) is 0 Å². The number of likely N-dealkylation sites (N-methyl/N-ethyl adjacent to an activating group) is 2. The highest BCUT2D eigenvalue weighted by molar-refractivity contribution is 5.05. The Morgan fingerprint density at radius 2 is 2.08 bits per heavy atom. The lowest BCUT2D eigenvalue weighted by Gasteiger charge is -2.48. The highest BCUT2D eigenvalue weighted by atomic mass is 15.5. The van der Waals surface area contributed by atoms with Gasteiger partial charge >= 0.3 is 0 Å². The van der Waals surface area contributed by atoms with Crippen LogP contribution in [-0.4, -0.2) is 55.1 Å². The summed E-state index contributed by atoms with van der Waals surface area (Å²) in [5.41, 5.74) is 6.05. The van der Waals surface area contributed by atoms with Gasteiger partial charge in [0.05, 0.1) is 24.5 Å². The molecule has 3 unspecified atom stereocenters. The predicted octanol–water partition coefficient (Wildman–Crippen LogP) is -1.66. The van der Waals surface area contributed by atoms with Crippen LogP contribution in [0.4, 0.5) is 0 Å². The van der Waals surface area contributed by atoms with Crippen LogP contribution in [0, 0.1) is 0 Å². The van der Waals surface area contributed by atoms with Gasteiger partial charge in [0, 0.05) is 6.67 Å². The predicted molar refractivity (Wildman–Crippen MR) is 51.7 cm³/mol. The maximum absolute atomic E-state index is 6.04. The summed E-state index contributed by atoms with van der Waals surface area (Å²) in [5.74, 6) is 0. The lowest BCUT2D eigenvalue weighted by molar-refractivity contribution is 0.00954. The summed E-state index contributed by atoms with van der Waals surface area (Å²) < 4.78 is 0. The highest BCUT2D eigenvalue weighted by Gasteiger charge is 2.50. The first-order valence-electron chi connectivity index (χ1n) is 4.71. The van der Waals surface area contributed by atoms with Crippen LogP contribution in [0.1, 0.15) is 6.92 Å². The molecular weight excluding hydrogens is 166 g/mol. The van der Waals surface area contributed by atoms with Crippen LogP contribution in [0.2, 0.25) is 0 Å². The third kappa shape index (κ3) is 1.19. The molecule has 13 heavy (non-hydrogen) atoms. The number of rotatable bonds is 0. The summed E-state index contributed by atoms with van der Waals surface area (Å²) in [4.78, 5) is 4.53. The maximum atomic E-state index is 6.04. The zero-order chi connectivity index (χ0) is 9.64. The molecule has 2 fully saturated rings. The quantitative estimate of drug-likeness (QED) is 0.422. The number of hydrogen-bond donors (Lipinski definition) is 3. The summed E-state index contributed by atoms with van der Waals surface area (Å²) in [6, 6.07) is 0.339. The first kappa shape index (κ1) is 9.36. The van der Waals surface area contributed by atoms with Crippen LogP contribution in [0.3, 0.4) is 0 Å². The first-order valence-corrected chi connectivity index (χ1v) is 4.71. The lowest BCUT2D eigenvalue weighted by Crippen LogP contribution is -2.73. The van der Waals surface area contributed by atoms with Crippen molar-refractivity contribution in [1.29, 1.82) is 0 Å². The molecule has 5 heteroatoms. The summed E-state index contributed by atoms with van der Waals surface area (Å²) in [7, 11) is 4.21. The van der Waals surface area contributed by atoms with E-state index in [1.165, 1.54) is 0 Å². The average molecular weight is 185 g/mol. The fourth-order valence-electron chi connectivity index (χ4n) is 2.42. The average Bonchev–Trinajstić information content (AvgIpc) is 2.38. The number of nitrogens with one attached hydrogen (secondary N) is 2. The van der Waals surface area contributed by atoms with Crippen molar-refractivity contribution in [2.24, 2.45) is 5.73 Å². The van der Waals surface area contributed by atoms with Gasteiger partial charge in [0.1, 0.15) is 0 Å². The SMILES string of the molecule is CN1CNC2(C)C1C(N)NCN2C. The molecule has 2 heterocycles. The van der Waals surface area contributed by atoms with Crippen LogP contribution in [0.5, 0.6) is 0 Å². The smallest absolute Gasteiger partial charge is 0.0889 e. The van der Waals surface area contributed by atoms with E-state index in [9.17, 15) is 0 Å². The molecule has 0 spiro atoms. The highest BCUT2D eigenvalue weighted by Crippen LogP contribution is 2.27. The van der Waals surface area contributed by atoms with Crippen molar-refractivity contribution >= 4 is 0 Å². The monoisotopic (exact) mass is 185 g/mol. The fraction of sp³-hybridized carbons (Fsp3) is 1.00. The van der Waals surface area contributed by atoms with E-state index < -0.39 is 0 Å². The van der Waals surface area contributed by atoms with Crippen LogP contribution in [-0.2, 0) is 0 Å². The summed E-state index contributed by atoms with van der Waals surface area (Å²) in [6.45, 7) is 3.96. The van der Waals surface area contributed by atoms with E-state index in [-0.39, 0.29) is 11.8 Å². The van der Waals surface area contributed by atoms with Gasteiger partial charge in [-0.3, -0.25) is 20.4 Å². The Hall–Kier alpha value is -0.200. The van der Waals surface area contributed by atoms with E-state index in [2.05, 4.69) is 41.5 Å². The molecule has 0 amide bonds. The Morgan fingerprint density at radius 3 is 2.69 bits per heavy atom. The van der Waals surface area contributed by atoms with Gasteiger partial charge in [-0.2, -0.15) is 0 Å². The van der Waals surface area contributed by atoms with E-state index in [1.54, 1.807) is 0 Å². The van der Waals surface area contributed by atoms with Crippen molar-refractivity contribution in [2.45, 2.75) is 24.8 Å². The van der Waals surface area contributed by atoms with Crippen molar-refractivity contribution in [3.63, 3.8) is 0 Å². The second-order valence-corrected chi connectivity index (χ2v) is 4.27. The van der Waals surface area contributed by atoms with Crippen molar-refractivity contribution in [1.82, 2.24) is 20.4 Å². The molecule has 2 aliphatic heterocycles. The number of hydrogen-bond acceptors (Lipinski definition) is 5. The molecule has 0 aromatic heterocycles. The fourth-order valence-corrected chi connectivity index (χ4v) is 2.42. The third-order valence-corrected chi connectivity index (χ3v) is 3.43. The molecule has 2 rings (SSSR count). The van der Waals surface area contributed by atoms with E-state index in [0.29, 0.717) is 6.04 Å². The Kier molecular flexibility index (Phi) is 2.08. The second kappa shape index (κ2) is 2.90. The third-order valence-electron chi connectivity index (χ3n) is 3.43. The lowest BCUT2D eigenvalue weighted by atomic mass is 9.97. The second-order valence-electron chi connectivity index (χ2n) is 4.27. The molecule has 2 saturated heterocycles. The molecule has 2 aliphatic rings. The van der Waals surface area contributed by atoms with Gasteiger partial charge in [-0.25, -0.2) is 0 Å². The van der Waals surface area contributed by atoms with Gasteiger partial charge in [-0.15, -0.1) is 0 Å². The molecular formula is C8H19N5. The van der Waals surface area contributed by atoms with Crippen molar-refractivity contribution < 1.29 is 0 Å². The number of fused-ring (bicyclic) bond motifs is 1. The first-order chi connectivity index (χ1) is 6.05. The molecule has 0 bridgehead atoms. The molecule has 0 aromatic rings. The van der Waals surface area contributed by atoms with Crippen LogP contribution in [0.15, 0.2) is 0 Å². The van der Waals surface area contributed by atoms with Crippen molar-refractivity contribution in [2.75, 3.05) is 27.4 Å². The minimum Gasteiger partial charge on any atom is -0.314 e. The van der Waals surface area contributed by atoms with Crippen molar-refractivity contribution in [3.05, 3.63) is 0 Å². The van der Waals surface area contributed by atoms with Crippen molar-refractivity contribution in [3.8, 4) is 0 Å². The van der Waals surface area contributed by atoms with E-state index in [4.69, 9.17) is 5.73 Å². The molecule has 76 valence electrons. The van der Waals surface area contributed by atoms with Gasteiger partial charge in [0.15, 0.2) is 0 Å². The number of nitrogens with zero attached hydrogens (tertiary/aromatic N) is 2. The molecule has 4 N–H and O–H groups in total. The van der Waals surface area contributed by atoms with Gasteiger partial charge in [0.25, 0.3) is 0 Å². The topological polar surface area (TPSA) is 56.6 Å². The summed E-state index contributed by atoms with van der Waals surface area (Å²) >= 11 is 0. The standard InChI is InChI=1S/C8H19N5/c1-8-6(12(2)5-11-8)7(9)10-4-13(8)3/h6-7,10-11H,4-5,9H2,1-3H3. The minimum absolute atomic E-state index is 0.0133. The van der Waals surface area contributed by atoms with Gasteiger partial charge in [-0.05, 0) is 21.0 Å². The molecule has 0 aromatic carbocycles. The molecule has 3 atom stereocenters. The Morgan fingerprint density at radius 1 is 1.38 bits per heavy atom. The summed E-state index contributed by atoms with van der Waals surface area (Å²) in [6.07, 6.45) is 0.0567. The normalized spacial score (nSPS) is 48.0. The van der Waals surface area contributed by atoms with E-state index in [1.807, 2.05) is 0 Å². The Labute approximate surface area is 79.2 Å².